The maximum atomic E-state index is 13.1. The van der Waals surface area contributed by atoms with Gasteiger partial charge in [0.05, 0.1) is 6.61 Å². The molecule has 5 heteroatoms. The molecule has 0 aromatic heterocycles. The molecule has 0 saturated heterocycles. The minimum Gasteiger partial charge on any atom is -0.493 e. The molecule has 0 radical (unpaired) electrons. The molecule has 202 valence electrons. The molecule has 5 rings (SSSR count). The predicted octanol–water partition coefficient (Wildman–Crippen LogP) is 8.03. The van der Waals surface area contributed by atoms with E-state index in [9.17, 15) is 9.59 Å². The van der Waals surface area contributed by atoms with E-state index in [4.69, 9.17) is 14.2 Å². The van der Waals surface area contributed by atoms with Crippen molar-refractivity contribution < 1.29 is 23.8 Å². The van der Waals surface area contributed by atoms with Crippen molar-refractivity contribution in [1.29, 1.82) is 0 Å². The molecule has 0 aliphatic rings. The Labute approximate surface area is 234 Å². The molecule has 0 aliphatic heterocycles. The van der Waals surface area contributed by atoms with E-state index in [1.54, 1.807) is 19.2 Å². The summed E-state index contributed by atoms with van der Waals surface area (Å²) in [6, 6.07) is 33.2. The van der Waals surface area contributed by atoms with Gasteiger partial charge in [0, 0.05) is 49.7 Å². The van der Waals surface area contributed by atoms with Crippen molar-refractivity contribution >= 4 is 33.3 Å². The summed E-state index contributed by atoms with van der Waals surface area (Å²) in [5, 5.41) is 4.06. The van der Waals surface area contributed by atoms with Crippen LogP contribution < -0.4 is 9.47 Å². The lowest BCUT2D eigenvalue weighted by Crippen LogP contribution is -2.10. The van der Waals surface area contributed by atoms with Crippen LogP contribution in [0.3, 0.4) is 0 Å². The Hall–Kier alpha value is -4.48. The molecule has 5 aromatic rings. The zero-order chi connectivity index (χ0) is 27.7. The van der Waals surface area contributed by atoms with E-state index >= 15 is 0 Å². The molecule has 0 heterocycles. The van der Waals surface area contributed by atoms with Gasteiger partial charge in [0.15, 0.2) is 5.78 Å². The number of methoxy groups -OCH3 is 1. The number of rotatable bonds is 12. The number of carbonyl (C=O) groups is 2. The van der Waals surface area contributed by atoms with Crippen molar-refractivity contribution in [1.82, 2.24) is 0 Å². The molecule has 0 spiro atoms. The smallest absolute Gasteiger partial charge is 0.311 e. The van der Waals surface area contributed by atoms with Crippen molar-refractivity contribution in [2.24, 2.45) is 0 Å². The van der Waals surface area contributed by atoms with Crippen LogP contribution in [0.1, 0.15) is 36.0 Å². The fourth-order valence-electron chi connectivity index (χ4n) is 4.94. The fraction of sp³-hybridized carbons (Fsp3) is 0.200. The Morgan fingerprint density at radius 2 is 1.20 bits per heavy atom. The average molecular weight is 533 g/mol. The van der Waals surface area contributed by atoms with Gasteiger partial charge < -0.3 is 14.2 Å². The summed E-state index contributed by atoms with van der Waals surface area (Å²) in [6.07, 6.45) is 1.59. The second kappa shape index (κ2) is 13.0. The van der Waals surface area contributed by atoms with Crippen LogP contribution in [-0.4, -0.2) is 32.1 Å². The van der Waals surface area contributed by atoms with Gasteiger partial charge in [0.25, 0.3) is 0 Å². The lowest BCUT2D eigenvalue weighted by atomic mass is 9.92. The lowest BCUT2D eigenvalue weighted by Gasteiger charge is -2.19. The zero-order valence-electron chi connectivity index (χ0n) is 22.6. The molecule has 0 fully saturated rings. The highest BCUT2D eigenvalue weighted by atomic mass is 16.5. The van der Waals surface area contributed by atoms with E-state index < -0.39 is 0 Å². The zero-order valence-corrected chi connectivity index (χ0v) is 22.6. The van der Waals surface area contributed by atoms with Crippen molar-refractivity contribution in [3.63, 3.8) is 0 Å². The first kappa shape index (κ1) is 27.1. The summed E-state index contributed by atoms with van der Waals surface area (Å²) in [5.41, 5.74) is 2.35. The third kappa shape index (κ3) is 6.22. The van der Waals surface area contributed by atoms with Gasteiger partial charge in [-0.05, 0) is 40.1 Å². The SMILES string of the molecule is COCCCOc1ccc2ccccc2c1-c1c(OC(=O)CCCC(=O)c2ccccc2)ccc2ccccc12. The minimum absolute atomic E-state index is 0.0193. The van der Waals surface area contributed by atoms with E-state index in [0.717, 1.165) is 44.8 Å². The number of ether oxygens (including phenoxy) is 3. The van der Waals surface area contributed by atoms with E-state index in [2.05, 4.69) is 12.1 Å². The van der Waals surface area contributed by atoms with Gasteiger partial charge in [-0.3, -0.25) is 9.59 Å². The Bertz CT molecular complexity index is 1620. The highest BCUT2D eigenvalue weighted by molar-refractivity contribution is 6.10. The van der Waals surface area contributed by atoms with Crippen molar-refractivity contribution in [3.05, 3.63) is 109 Å². The number of hydrogen-bond donors (Lipinski definition) is 0. The monoisotopic (exact) mass is 532 g/mol. The van der Waals surface area contributed by atoms with Gasteiger partial charge in [-0.2, -0.15) is 0 Å². The molecule has 0 saturated carbocycles. The van der Waals surface area contributed by atoms with Crippen molar-refractivity contribution in [2.75, 3.05) is 20.3 Å². The number of ketones is 1. The van der Waals surface area contributed by atoms with Crippen LogP contribution in [0.4, 0.5) is 0 Å². The van der Waals surface area contributed by atoms with E-state index in [1.165, 1.54) is 0 Å². The number of esters is 1. The van der Waals surface area contributed by atoms with E-state index in [-0.39, 0.29) is 24.6 Å². The van der Waals surface area contributed by atoms with Crippen LogP contribution in [0.2, 0.25) is 0 Å². The average Bonchev–Trinajstić information content (AvgIpc) is 2.99. The molecule has 0 aliphatic carbocycles. The topological polar surface area (TPSA) is 61.8 Å². The number of carbonyl (C=O) groups excluding carboxylic acids is 2. The summed E-state index contributed by atoms with van der Waals surface area (Å²) in [7, 11) is 1.68. The first-order valence-corrected chi connectivity index (χ1v) is 13.6. The molecule has 0 N–H and O–H groups in total. The molecular weight excluding hydrogens is 500 g/mol. The van der Waals surface area contributed by atoms with Crippen LogP contribution in [0.5, 0.6) is 11.5 Å². The molecule has 5 nitrogen and oxygen atoms in total. The van der Waals surface area contributed by atoms with Gasteiger partial charge in [0.2, 0.25) is 0 Å². The quantitative estimate of drug-likeness (QED) is 0.0704. The molecule has 0 amide bonds. The molecular formula is C35H32O5. The fourth-order valence-corrected chi connectivity index (χ4v) is 4.94. The molecule has 5 aromatic carbocycles. The third-order valence-electron chi connectivity index (χ3n) is 6.89. The number of Topliss-reactive ketones (excluding diaryl/α,β-unsaturated/α-hetero) is 1. The summed E-state index contributed by atoms with van der Waals surface area (Å²) < 4.78 is 17.5. The highest BCUT2D eigenvalue weighted by Crippen LogP contribution is 2.45. The van der Waals surface area contributed by atoms with E-state index in [0.29, 0.717) is 30.9 Å². The van der Waals surface area contributed by atoms with Crippen LogP contribution in [0, 0.1) is 0 Å². The Morgan fingerprint density at radius 1 is 0.600 bits per heavy atom. The largest absolute Gasteiger partial charge is 0.493 e. The summed E-state index contributed by atoms with van der Waals surface area (Å²) in [4.78, 5) is 25.5. The molecule has 0 unspecified atom stereocenters. The second-order valence-electron chi connectivity index (χ2n) is 9.63. The first-order chi connectivity index (χ1) is 19.7. The normalized spacial score (nSPS) is 11.0. The van der Waals surface area contributed by atoms with Gasteiger partial charge in [-0.1, -0.05) is 91.0 Å². The van der Waals surface area contributed by atoms with Gasteiger partial charge in [-0.25, -0.2) is 0 Å². The second-order valence-corrected chi connectivity index (χ2v) is 9.63. The van der Waals surface area contributed by atoms with Crippen LogP contribution >= 0.6 is 0 Å². The maximum absolute atomic E-state index is 13.1. The van der Waals surface area contributed by atoms with Gasteiger partial charge in [-0.15, -0.1) is 0 Å². The van der Waals surface area contributed by atoms with Crippen molar-refractivity contribution in [3.8, 4) is 22.6 Å². The Kier molecular flexibility index (Phi) is 8.84. The predicted molar refractivity (Wildman–Crippen MR) is 159 cm³/mol. The lowest BCUT2D eigenvalue weighted by molar-refractivity contribution is -0.134. The number of hydrogen-bond acceptors (Lipinski definition) is 5. The molecule has 40 heavy (non-hydrogen) atoms. The van der Waals surface area contributed by atoms with Gasteiger partial charge >= 0.3 is 5.97 Å². The van der Waals surface area contributed by atoms with Crippen LogP contribution in [-0.2, 0) is 9.53 Å². The Balaban J connectivity index is 1.48. The molecule has 0 atom stereocenters. The van der Waals surface area contributed by atoms with Gasteiger partial charge in [0.1, 0.15) is 11.5 Å². The maximum Gasteiger partial charge on any atom is 0.311 e. The molecule has 0 bridgehead atoms. The number of fused-ring (bicyclic) bond motifs is 2. The summed E-state index contributed by atoms with van der Waals surface area (Å²) in [5.74, 6) is 0.832. The standard InChI is InChI=1S/C35H32O5/c1-38-23-10-24-39-31-21-19-25-11-5-7-15-28(25)34(31)35-29-16-8-6-12-26(29)20-22-32(35)40-33(37)18-9-17-30(36)27-13-3-2-4-14-27/h2-8,11-16,19-22H,9-10,17-18,23-24H2,1H3. The van der Waals surface area contributed by atoms with Crippen LogP contribution in [0.25, 0.3) is 32.7 Å². The summed E-state index contributed by atoms with van der Waals surface area (Å²) >= 11 is 0. The van der Waals surface area contributed by atoms with E-state index in [1.807, 2.05) is 78.9 Å². The Morgan fingerprint density at radius 3 is 1.88 bits per heavy atom. The van der Waals surface area contributed by atoms with Crippen molar-refractivity contribution in [2.45, 2.75) is 25.7 Å². The third-order valence-corrected chi connectivity index (χ3v) is 6.89. The first-order valence-electron chi connectivity index (χ1n) is 13.6. The number of benzene rings is 5. The van der Waals surface area contributed by atoms with Crippen LogP contribution in [0.15, 0.2) is 103 Å². The highest BCUT2D eigenvalue weighted by Gasteiger charge is 2.21. The minimum atomic E-state index is -0.375. The summed E-state index contributed by atoms with van der Waals surface area (Å²) in [6.45, 7) is 1.10.